The van der Waals surface area contributed by atoms with Gasteiger partial charge in [0.2, 0.25) is 0 Å². The number of hydrogen-bond acceptors (Lipinski definition) is 1. The maximum absolute atomic E-state index is 8.93. The van der Waals surface area contributed by atoms with Crippen LogP contribution in [0.25, 0.3) is 0 Å². The van der Waals surface area contributed by atoms with E-state index in [-0.39, 0.29) is 5.76 Å². The van der Waals surface area contributed by atoms with E-state index in [1.165, 1.54) is 0 Å². The number of allylic oxidation sites excluding steroid dienone is 4. The highest BCUT2D eigenvalue weighted by Gasteiger charge is 1.81. The Bertz CT molecular complexity index is 149. The molecule has 0 saturated carbocycles. The minimum atomic E-state index is 0.255. The van der Waals surface area contributed by atoms with Crippen LogP contribution < -0.4 is 0 Å². The number of hydrogen-bond donors (Lipinski definition) is 1. The average Bonchev–Trinajstić information content (AvgIpc) is 2.10. The molecule has 1 N–H and O–H groups in total. The van der Waals surface area contributed by atoms with Crippen LogP contribution in [0.1, 0.15) is 41.5 Å². The van der Waals surface area contributed by atoms with E-state index in [0.717, 1.165) is 5.57 Å². The second-order valence-electron chi connectivity index (χ2n) is 2.05. The minimum absolute atomic E-state index is 0.255. The van der Waals surface area contributed by atoms with E-state index in [0.29, 0.717) is 0 Å². The van der Waals surface area contributed by atoms with Gasteiger partial charge >= 0.3 is 0 Å². The van der Waals surface area contributed by atoms with E-state index in [1.807, 2.05) is 41.5 Å². The Balaban J connectivity index is -0.000000218. The van der Waals surface area contributed by atoms with Gasteiger partial charge in [0.05, 0.1) is 0 Å². The monoisotopic (exact) mass is 184 g/mol. The summed E-state index contributed by atoms with van der Waals surface area (Å²) in [5.41, 5.74) is 1.07. The number of aliphatic hydroxyl groups excluding tert-OH is 1. The van der Waals surface area contributed by atoms with Gasteiger partial charge in [0.15, 0.2) is 0 Å². The molecule has 1 nitrogen and oxygen atoms in total. The summed E-state index contributed by atoms with van der Waals surface area (Å²) in [6.07, 6.45) is 4.78. The Morgan fingerprint density at radius 2 is 1.46 bits per heavy atom. The maximum Gasteiger partial charge on any atom is 0.115 e. The van der Waals surface area contributed by atoms with Crippen LogP contribution in [0.5, 0.6) is 0 Å². The van der Waals surface area contributed by atoms with Crippen molar-refractivity contribution in [1.29, 1.82) is 0 Å². The van der Waals surface area contributed by atoms with Crippen molar-refractivity contribution in [3.8, 4) is 0 Å². The molecule has 1 heteroatoms. The molecule has 13 heavy (non-hydrogen) atoms. The zero-order chi connectivity index (χ0) is 11.3. The van der Waals surface area contributed by atoms with Crippen molar-refractivity contribution in [2.75, 3.05) is 0 Å². The van der Waals surface area contributed by atoms with Crippen LogP contribution in [0.15, 0.2) is 36.1 Å². The molecule has 0 aromatic rings. The molecule has 0 rings (SSSR count). The van der Waals surface area contributed by atoms with Crippen molar-refractivity contribution in [3.05, 3.63) is 36.1 Å². The summed E-state index contributed by atoms with van der Waals surface area (Å²) in [5, 5.41) is 8.93. The Morgan fingerprint density at radius 3 is 1.69 bits per heavy atom. The summed E-state index contributed by atoms with van der Waals surface area (Å²) >= 11 is 0. The van der Waals surface area contributed by atoms with E-state index in [9.17, 15) is 0 Å². The molecule has 0 spiro atoms. The Kier molecular flexibility index (Phi) is 23.7. The summed E-state index contributed by atoms with van der Waals surface area (Å²) in [6, 6.07) is 0. The topological polar surface area (TPSA) is 20.2 Å². The lowest BCUT2D eigenvalue weighted by Crippen LogP contribution is -1.73. The fourth-order valence-electron chi connectivity index (χ4n) is 0.465. The molecule has 0 aliphatic heterocycles. The van der Waals surface area contributed by atoms with Crippen LogP contribution in [0.2, 0.25) is 0 Å². The first kappa shape index (κ1) is 17.9. The summed E-state index contributed by atoms with van der Waals surface area (Å²) in [5.74, 6) is 0.255. The van der Waals surface area contributed by atoms with Gasteiger partial charge in [0.1, 0.15) is 5.76 Å². The zero-order valence-corrected chi connectivity index (χ0v) is 9.89. The van der Waals surface area contributed by atoms with Crippen molar-refractivity contribution >= 4 is 0 Å². The maximum atomic E-state index is 8.93. The quantitative estimate of drug-likeness (QED) is 0.490. The summed E-state index contributed by atoms with van der Waals surface area (Å²) in [7, 11) is 0. The molecular weight excluding hydrogens is 160 g/mol. The van der Waals surface area contributed by atoms with Crippen LogP contribution in [-0.4, -0.2) is 5.11 Å². The summed E-state index contributed by atoms with van der Waals surface area (Å²) in [4.78, 5) is 0. The molecule has 0 unspecified atom stereocenters. The number of rotatable bonds is 2. The third-order valence-electron chi connectivity index (χ3n) is 0.725. The van der Waals surface area contributed by atoms with Crippen LogP contribution >= 0.6 is 0 Å². The molecule has 0 saturated heterocycles. The Morgan fingerprint density at radius 1 is 1.08 bits per heavy atom. The molecule has 0 radical (unpaired) electrons. The van der Waals surface area contributed by atoms with Gasteiger partial charge in [-0.3, -0.25) is 0 Å². The molecule has 0 amide bonds. The second-order valence-corrected chi connectivity index (χ2v) is 2.05. The predicted octanol–water partition coefficient (Wildman–Crippen LogP) is 4.63. The van der Waals surface area contributed by atoms with Crippen molar-refractivity contribution in [3.63, 3.8) is 0 Å². The summed E-state index contributed by atoms with van der Waals surface area (Å²) < 4.78 is 0. The van der Waals surface area contributed by atoms with Crippen LogP contribution in [0.4, 0.5) is 0 Å². The number of aliphatic hydroxyl groups is 1. The van der Waals surface area contributed by atoms with Gasteiger partial charge in [0, 0.05) is 0 Å². The first-order valence-electron chi connectivity index (χ1n) is 4.83. The molecular formula is C12H24O. The summed E-state index contributed by atoms with van der Waals surface area (Å²) in [6.45, 7) is 15.3. The molecule has 0 aliphatic rings. The van der Waals surface area contributed by atoms with Gasteiger partial charge in [-0.2, -0.15) is 0 Å². The van der Waals surface area contributed by atoms with Gasteiger partial charge < -0.3 is 5.11 Å². The van der Waals surface area contributed by atoms with Crippen molar-refractivity contribution < 1.29 is 5.11 Å². The SMILES string of the molecule is C=C/C=C(/O)C=C(C)C.CC.CC. The predicted molar refractivity (Wildman–Crippen MR) is 63.0 cm³/mol. The van der Waals surface area contributed by atoms with Crippen LogP contribution in [-0.2, 0) is 0 Å². The Hall–Kier alpha value is -0.980. The van der Waals surface area contributed by atoms with Gasteiger partial charge in [0.25, 0.3) is 0 Å². The van der Waals surface area contributed by atoms with Crippen molar-refractivity contribution in [2.45, 2.75) is 41.5 Å². The molecule has 0 aliphatic carbocycles. The zero-order valence-electron chi connectivity index (χ0n) is 9.89. The molecule has 0 aromatic heterocycles. The molecule has 0 aromatic carbocycles. The molecule has 0 bridgehead atoms. The smallest absolute Gasteiger partial charge is 0.115 e. The van der Waals surface area contributed by atoms with Crippen molar-refractivity contribution in [2.24, 2.45) is 0 Å². The highest BCUT2D eigenvalue weighted by atomic mass is 16.3. The van der Waals surface area contributed by atoms with E-state index in [4.69, 9.17) is 5.11 Å². The van der Waals surface area contributed by atoms with Gasteiger partial charge in [-0.1, -0.05) is 45.9 Å². The molecule has 0 fully saturated rings. The van der Waals surface area contributed by atoms with E-state index >= 15 is 0 Å². The third kappa shape index (κ3) is 24.7. The molecule has 78 valence electrons. The van der Waals surface area contributed by atoms with Crippen LogP contribution in [0, 0.1) is 0 Å². The lowest BCUT2D eigenvalue weighted by Gasteiger charge is -1.88. The highest BCUT2D eigenvalue weighted by Crippen LogP contribution is 1.96. The lowest BCUT2D eigenvalue weighted by molar-refractivity contribution is 0.432. The molecule has 0 atom stereocenters. The lowest BCUT2D eigenvalue weighted by atomic mass is 10.3. The molecule has 0 heterocycles. The third-order valence-corrected chi connectivity index (χ3v) is 0.725. The normalized spacial score (nSPS) is 8.31. The first-order chi connectivity index (χ1) is 6.16. The standard InChI is InChI=1S/C8H12O.2C2H6/c1-4-5-8(9)6-7(2)3;2*1-2/h4-6,9H,1H2,2-3H3;2*1-2H3/b8-5+;;. The van der Waals surface area contributed by atoms with Gasteiger partial charge in [-0.15, -0.1) is 0 Å². The fourth-order valence-corrected chi connectivity index (χ4v) is 0.465. The van der Waals surface area contributed by atoms with E-state index < -0.39 is 0 Å². The Labute approximate surface area is 83.5 Å². The minimum Gasteiger partial charge on any atom is -0.508 e. The van der Waals surface area contributed by atoms with E-state index in [1.54, 1.807) is 18.2 Å². The largest absolute Gasteiger partial charge is 0.508 e. The van der Waals surface area contributed by atoms with Crippen molar-refractivity contribution in [1.82, 2.24) is 0 Å². The van der Waals surface area contributed by atoms with Gasteiger partial charge in [-0.05, 0) is 26.0 Å². The van der Waals surface area contributed by atoms with Crippen LogP contribution in [0.3, 0.4) is 0 Å². The van der Waals surface area contributed by atoms with Gasteiger partial charge in [-0.25, -0.2) is 0 Å². The first-order valence-corrected chi connectivity index (χ1v) is 4.83. The second kappa shape index (κ2) is 17.2. The highest BCUT2D eigenvalue weighted by molar-refractivity contribution is 5.18. The average molecular weight is 184 g/mol. The van der Waals surface area contributed by atoms with E-state index in [2.05, 4.69) is 6.58 Å². The fraction of sp³-hybridized carbons (Fsp3) is 0.500.